The van der Waals surface area contributed by atoms with Crippen LogP contribution in [0.3, 0.4) is 0 Å². The lowest BCUT2D eigenvalue weighted by Gasteiger charge is -2.05. The largest absolute Gasteiger partial charge is 0.322 e. The van der Waals surface area contributed by atoms with Crippen LogP contribution in [-0.2, 0) is 0 Å². The maximum absolute atomic E-state index is 12.0. The summed E-state index contributed by atoms with van der Waals surface area (Å²) in [7, 11) is 0. The van der Waals surface area contributed by atoms with Crippen LogP contribution in [0.25, 0.3) is 0 Å². The summed E-state index contributed by atoms with van der Waals surface area (Å²) in [5.74, 6) is -0.202. The summed E-state index contributed by atoms with van der Waals surface area (Å²) in [5.41, 5.74) is 1.69. The summed E-state index contributed by atoms with van der Waals surface area (Å²) >= 11 is 3.32. The van der Waals surface area contributed by atoms with Gasteiger partial charge in [0.25, 0.3) is 5.91 Å². The highest BCUT2D eigenvalue weighted by atomic mass is 79.9. The Morgan fingerprint density at radius 3 is 2.67 bits per heavy atom. The molecule has 0 aliphatic carbocycles. The van der Waals surface area contributed by atoms with E-state index in [2.05, 4.69) is 21.2 Å². The molecule has 0 unspecified atom stereocenters. The number of amides is 1. The summed E-state index contributed by atoms with van der Waals surface area (Å²) in [6.07, 6.45) is 0. The highest BCUT2D eigenvalue weighted by Gasteiger charge is 2.06. The van der Waals surface area contributed by atoms with Gasteiger partial charge in [-0.15, -0.1) is 0 Å². The van der Waals surface area contributed by atoms with Gasteiger partial charge in [0.05, 0.1) is 11.6 Å². The lowest BCUT2D eigenvalue weighted by Crippen LogP contribution is -2.11. The smallest absolute Gasteiger partial charge is 0.255 e. The highest BCUT2D eigenvalue weighted by Crippen LogP contribution is 2.15. The molecule has 2 aromatic carbocycles. The molecule has 0 radical (unpaired) electrons. The first-order valence-corrected chi connectivity index (χ1v) is 6.05. The van der Waals surface area contributed by atoms with Crippen molar-refractivity contribution in [1.29, 1.82) is 5.26 Å². The maximum Gasteiger partial charge on any atom is 0.255 e. The first kappa shape index (κ1) is 12.3. The number of benzene rings is 2. The molecular formula is C14H9BrN2O. The molecular weight excluding hydrogens is 292 g/mol. The van der Waals surface area contributed by atoms with Crippen LogP contribution in [0.1, 0.15) is 15.9 Å². The molecule has 2 aromatic rings. The molecule has 2 rings (SSSR count). The monoisotopic (exact) mass is 300 g/mol. The molecule has 0 atom stereocenters. The second-order valence-corrected chi connectivity index (χ2v) is 4.57. The van der Waals surface area contributed by atoms with E-state index in [9.17, 15) is 4.79 Å². The molecule has 0 saturated heterocycles. The number of carbonyl (C=O) groups is 1. The van der Waals surface area contributed by atoms with Gasteiger partial charge < -0.3 is 5.32 Å². The SMILES string of the molecule is N#Cc1cccc(NC(=O)c2cccc(Br)c2)c1. The van der Waals surface area contributed by atoms with Crippen LogP contribution in [-0.4, -0.2) is 5.91 Å². The van der Waals surface area contributed by atoms with Crippen molar-refractivity contribution < 1.29 is 4.79 Å². The third kappa shape index (κ3) is 2.96. The van der Waals surface area contributed by atoms with Crippen molar-refractivity contribution in [2.75, 3.05) is 5.32 Å². The number of nitrogens with one attached hydrogen (secondary N) is 1. The molecule has 1 amide bonds. The Hall–Kier alpha value is -2.12. The third-order valence-electron chi connectivity index (χ3n) is 2.34. The number of anilines is 1. The first-order chi connectivity index (χ1) is 8.69. The second-order valence-electron chi connectivity index (χ2n) is 3.66. The van der Waals surface area contributed by atoms with Crippen molar-refractivity contribution in [2.45, 2.75) is 0 Å². The van der Waals surface area contributed by atoms with E-state index in [0.717, 1.165) is 4.47 Å². The van der Waals surface area contributed by atoms with Crippen LogP contribution in [0.15, 0.2) is 53.0 Å². The van der Waals surface area contributed by atoms with Gasteiger partial charge in [0, 0.05) is 15.7 Å². The zero-order chi connectivity index (χ0) is 13.0. The van der Waals surface area contributed by atoms with Crippen LogP contribution in [0.2, 0.25) is 0 Å². The molecule has 0 heterocycles. The Kier molecular flexibility index (Phi) is 3.75. The van der Waals surface area contributed by atoms with E-state index in [4.69, 9.17) is 5.26 Å². The van der Waals surface area contributed by atoms with E-state index < -0.39 is 0 Å². The van der Waals surface area contributed by atoms with Crippen LogP contribution in [0.5, 0.6) is 0 Å². The van der Waals surface area contributed by atoms with E-state index in [1.54, 1.807) is 42.5 Å². The fourth-order valence-electron chi connectivity index (χ4n) is 1.50. The molecule has 88 valence electrons. The second kappa shape index (κ2) is 5.48. The quantitative estimate of drug-likeness (QED) is 0.922. The van der Waals surface area contributed by atoms with Gasteiger partial charge in [-0.25, -0.2) is 0 Å². The van der Waals surface area contributed by atoms with Gasteiger partial charge in [-0.1, -0.05) is 28.1 Å². The zero-order valence-electron chi connectivity index (χ0n) is 9.35. The van der Waals surface area contributed by atoms with E-state index in [1.165, 1.54) is 0 Å². The molecule has 4 heteroatoms. The van der Waals surface area contributed by atoms with Gasteiger partial charge in [0.1, 0.15) is 0 Å². The Morgan fingerprint density at radius 1 is 1.17 bits per heavy atom. The number of hydrogen-bond donors (Lipinski definition) is 1. The van der Waals surface area contributed by atoms with Crippen molar-refractivity contribution in [3.8, 4) is 6.07 Å². The van der Waals surface area contributed by atoms with Crippen molar-refractivity contribution >= 4 is 27.5 Å². The lowest BCUT2D eigenvalue weighted by molar-refractivity contribution is 0.102. The Bertz CT molecular complexity index is 632. The fourth-order valence-corrected chi connectivity index (χ4v) is 1.90. The summed E-state index contributed by atoms with van der Waals surface area (Å²) in [5, 5.41) is 11.5. The van der Waals surface area contributed by atoms with Gasteiger partial charge in [0.2, 0.25) is 0 Å². The molecule has 0 aliphatic heterocycles. The van der Waals surface area contributed by atoms with Crippen molar-refractivity contribution in [3.05, 3.63) is 64.1 Å². The molecule has 3 nitrogen and oxygen atoms in total. The van der Waals surface area contributed by atoms with E-state index in [0.29, 0.717) is 16.8 Å². The summed E-state index contributed by atoms with van der Waals surface area (Å²) in [6.45, 7) is 0. The maximum atomic E-state index is 12.0. The molecule has 0 saturated carbocycles. The summed E-state index contributed by atoms with van der Waals surface area (Å²) in [4.78, 5) is 12.0. The molecule has 0 aromatic heterocycles. The van der Waals surface area contributed by atoms with Gasteiger partial charge in [0.15, 0.2) is 0 Å². The highest BCUT2D eigenvalue weighted by molar-refractivity contribution is 9.10. The van der Waals surface area contributed by atoms with Gasteiger partial charge in [-0.05, 0) is 36.4 Å². The summed E-state index contributed by atoms with van der Waals surface area (Å²) < 4.78 is 0.848. The minimum absolute atomic E-state index is 0.202. The third-order valence-corrected chi connectivity index (χ3v) is 2.83. The molecule has 1 N–H and O–H groups in total. The number of nitriles is 1. The van der Waals surface area contributed by atoms with Crippen molar-refractivity contribution in [3.63, 3.8) is 0 Å². The summed E-state index contributed by atoms with van der Waals surface area (Å²) in [6, 6.07) is 16.0. The number of halogens is 1. The molecule has 0 aliphatic rings. The minimum Gasteiger partial charge on any atom is -0.322 e. The van der Waals surface area contributed by atoms with Crippen molar-refractivity contribution in [1.82, 2.24) is 0 Å². The van der Waals surface area contributed by atoms with Gasteiger partial charge in [-0.2, -0.15) is 5.26 Å². The number of carbonyl (C=O) groups excluding carboxylic acids is 1. The molecule has 0 fully saturated rings. The average Bonchev–Trinajstić information content (AvgIpc) is 2.39. The van der Waals surface area contributed by atoms with Crippen LogP contribution >= 0.6 is 15.9 Å². The average molecular weight is 301 g/mol. The van der Waals surface area contributed by atoms with Crippen LogP contribution in [0, 0.1) is 11.3 Å². The molecule has 0 bridgehead atoms. The predicted octanol–water partition coefficient (Wildman–Crippen LogP) is 3.57. The topological polar surface area (TPSA) is 52.9 Å². The number of nitrogens with zero attached hydrogens (tertiary/aromatic N) is 1. The lowest BCUT2D eigenvalue weighted by atomic mass is 10.2. The number of hydrogen-bond acceptors (Lipinski definition) is 2. The minimum atomic E-state index is -0.202. The molecule has 0 spiro atoms. The Labute approximate surface area is 113 Å². The van der Waals surface area contributed by atoms with E-state index >= 15 is 0 Å². The normalized spacial score (nSPS) is 9.56. The predicted molar refractivity (Wildman–Crippen MR) is 73.3 cm³/mol. The van der Waals surface area contributed by atoms with Crippen LogP contribution < -0.4 is 5.32 Å². The number of rotatable bonds is 2. The first-order valence-electron chi connectivity index (χ1n) is 5.26. The van der Waals surface area contributed by atoms with Gasteiger partial charge >= 0.3 is 0 Å². The fraction of sp³-hybridized carbons (Fsp3) is 0. The van der Waals surface area contributed by atoms with Gasteiger partial charge in [-0.3, -0.25) is 4.79 Å². The zero-order valence-corrected chi connectivity index (χ0v) is 10.9. The Morgan fingerprint density at radius 2 is 1.94 bits per heavy atom. The Balaban J connectivity index is 2.19. The molecule has 18 heavy (non-hydrogen) atoms. The van der Waals surface area contributed by atoms with Crippen molar-refractivity contribution in [2.24, 2.45) is 0 Å². The van der Waals surface area contributed by atoms with E-state index in [1.807, 2.05) is 12.1 Å². The van der Waals surface area contributed by atoms with Crippen LogP contribution in [0.4, 0.5) is 5.69 Å². The standard InChI is InChI=1S/C14H9BrN2O/c15-12-5-2-4-11(8-12)14(18)17-13-6-1-3-10(7-13)9-16/h1-8H,(H,17,18). The van der Waals surface area contributed by atoms with E-state index in [-0.39, 0.29) is 5.91 Å².